The first kappa shape index (κ1) is 26.9. The quantitative estimate of drug-likeness (QED) is 0.285. The minimum absolute atomic E-state index is 0.0615. The first-order chi connectivity index (χ1) is 18.2. The van der Waals surface area contributed by atoms with Gasteiger partial charge in [-0.3, -0.25) is 14.9 Å². The lowest BCUT2D eigenvalue weighted by Crippen LogP contribution is -2.36. The van der Waals surface area contributed by atoms with E-state index in [4.69, 9.17) is 14.2 Å². The van der Waals surface area contributed by atoms with Crippen molar-refractivity contribution in [1.82, 2.24) is 5.32 Å². The summed E-state index contributed by atoms with van der Waals surface area (Å²) in [6, 6.07) is 10.5. The molecule has 0 radical (unpaired) electrons. The lowest BCUT2D eigenvalue weighted by Gasteiger charge is -2.36. The number of nitrogens with one attached hydrogen (secondary N) is 1. The molecular weight excluding hydrogens is 488 g/mol. The first-order valence-electron chi connectivity index (χ1n) is 12.6. The number of ether oxygens (including phenoxy) is 3. The van der Waals surface area contributed by atoms with E-state index in [0.29, 0.717) is 58.0 Å². The van der Waals surface area contributed by atoms with Gasteiger partial charge in [0.2, 0.25) is 0 Å². The van der Waals surface area contributed by atoms with E-state index in [0.717, 1.165) is 5.56 Å². The van der Waals surface area contributed by atoms with Gasteiger partial charge in [0, 0.05) is 40.9 Å². The van der Waals surface area contributed by atoms with Crippen molar-refractivity contribution in [1.29, 1.82) is 0 Å². The maximum absolute atomic E-state index is 13.8. The highest BCUT2D eigenvalue weighted by Crippen LogP contribution is 2.47. The summed E-state index contributed by atoms with van der Waals surface area (Å²) in [4.78, 5) is 38.3. The molecule has 1 N–H and O–H groups in total. The molecule has 1 heterocycles. The van der Waals surface area contributed by atoms with Crippen molar-refractivity contribution in [2.75, 3.05) is 20.8 Å². The number of hydrogen-bond donors (Lipinski definition) is 1. The summed E-state index contributed by atoms with van der Waals surface area (Å²) in [5.41, 5.74) is 3.91. The first-order valence-corrected chi connectivity index (χ1v) is 12.6. The van der Waals surface area contributed by atoms with Crippen LogP contribution in [0.4, 0.5) is 5.69 Å². The van der Waals surface area contributed by atoms with Crippen molar-refractivity contribution >= 4 is 17.4 Å². The zero-order valence-corrected chi connectivity index (χ0v) is 22.3. The Kier molecular flexibility index (Phi) is 7.85. The van der Waals surface area contributed by atoms with Gasteiger partial charge in [0.1, 0.15) is 0 Å². The van der Waals surface area contributed by atoms with Gasteiger partial charge >= 0.3 is 5.97 Å². The summed E-state index contributed by atoms with van der Waals surface area (Å²) in [7, 11) is 3.13. The Morgan fingerprint density at radius 1 is 1.05 bits per heavy atom. The van der Waals surface area contributed by atoms with Gasteiger partial charge in [0.05, 0.1) is 31.3 Å². The molecule has 0 aromatic heterocycles. The summed E-state index contributed by atoms with van der Waals surface area (Å²) in [6.07, 6.45) is 1.39. The second-order valence-electron chi connectivity index (χ2n) is 9.57. The third kappa shape index (κ3) is 5.01. The molecule has 2 unspecified atom stereocenters. The number of aryl methyl sites for hydroxylation is 1. The van der Waals surface area contributed by atoms with Crippen LogP contribution in [0.2, 0.25) is 0 Å². The Morgan fingerprint density at radius 2 is 1.76 bits per heavy atom. The number of carbonyl (C=O) groups is 2. The smallest absolute Gasteiger partial charge is 0.336 e. The molecule has 1 aliphatic carbocycles. The minimum atomic E-state index is -0.770. The van der Waals surface area contributed by atoms with Crippen LogP contribution >= 0.6 is 0 Å². The number of nitro benzene ring substituents is 1. The molecule has 0 saturated heterocycles. The van der Waals surface area contributed by atoms with E-state index < -0.39 is 16.8 Å². The van der Waals surface area contributed by atoms with Gasteiger partial charge in [-0.05, 0) is 55.9 Å². The molecule has 38 heavy (non-hydrogen) atoms. The van der Waals surface area contributed by atoms with Crippen molar-refractivity contribution in [2.45, 2.75) is 51.9 Å². The van der Waals surface area contributed by atoms with Crippen molar-refractivity contribution in [2.24, 2.45) is 0 Å². The molecule has 2 aliphatic rings. The molecule has 0 spiro atoms. The maximum Gasteiger partial charge on any atom is 0.336 e. The van der Waals surface area contributed by atoms with Crippen LogP contribution in [-0.2, 0) is 14.3 Å². The van der Waals surface area contributed by atoms with Gasteiger partial charge in [-0.1, -0.05) is 25.1 Å². The fourth-order valence-electron chi connectivity index (χ4n) is 5.26. The molecule has 9 nitrogen and oxygen atoms in total. The fraction of sp³-hybridized carbons (Fsp3) is 0.379. The molecule has 9 heteroatoms. The number of allylic oxidation sites excluding steroid dienone is 3. The molecule has 2 aromatic carbocycles. The largest absolute Gasteiger partial charge is 0.493 e. The number of carbonyl (C=O) groups excluding carboxylic acids is 2. The van der Waals surface area contributed by atoms with Gasteiger partial charge in [-0.25, -0.2) is 4.79 Å². The van der Waals surface area contributed by atoms with Gasteiger partial charge in [0.15, 0.2) is 17.3 Å². The van der Waals surface area contributed by atoms with Gasteiger partial charge in [0.25, 0.3) is 5.69 Å². The number of methoxy groups -OCH3 is 2. The highest BCUT2D eigenvalue weighted by atomic mass is 16.6. The number of Topliss-reactive ketones (excluding diaryl/α,β-unsaturated/α-hetero) is 1. The molecule has 1 aliphatic heterocycles. The number of nitro groups is 1. The van der Waals surface area contributed by atoms with E-state index in [1.54, 1.807) is 40.2 Å². The fourth-order valence-corrected chi connectivity index (χ4v) is 5.26. The molecule has 2 atom stereocenters. The summed E-state index contributed by atoms with van der Waals surface area (Å²) in [5, 5.41) is 15.0. The van der Waals surface area contributed by atoms with Crippen molar-refractivity contribution in [3.63, 3.8) is 0 Å². The van der Waals surface area contributed by atoms with Crippen molar-refractivity contribution < 1.29 is 28.7 Å². The van der Waals surface area contributed by atoms with Crippen LogP contribution in [0.25, 0.3) is 0 Å². The van der Waals surface area contributed by atoms with E-state index in [1.165, 1.54) is 6.07 Å². The average molecular weight is 521 g/mol. The summed E-state index contributed by atoms with van der Waals surface area (Å²) in [5.74, 6) is -0.372. The van der Waals surface area contributed by atoms with E-state index in [2.05, 4.69) is 5.32 Å². The SMILES string of the molecule is CCCOC(=O)C1=C(C)NC2=C(C(=O)CC(c3ccc(OC)c(OC)c3)C2)C1c1ccc(C)c([N+](=O)[O-])c1. The van der Waals surface area contributed by atoms with Crippen LogP contribution in [0.5, 0.6) is 11.5 Å². The second kappa shape index (κ2) is 11.1. The van der Waals surface area contributed by atoms with E-state index in [-0.39, 0.29) is 30.4 Å². The standard InChI is InChI=1S/C29H32N2O7/c1-6-11-38-29(33)26-17(3)30-21-12-20(18-9-10-24(36-4)25(15-18)37-5)14-23(32)28(21)27(26)19-8-7-16(2)22(13-19)31(34)35/h7-10,13,15,20,27,30H,6,11-12,14H2,1-5H3. The third-order valence-electron chi connectivity index (χ3n) is 7.13. The predicted octanol–water partition coefficient (Wildman–Crippen LogP) is 5.24. The van der Waals surface area contributed by atoms with Crippen LogP contribution in [0.1, 0.15) is 61.6 Å². The van der Waals surface area contributed by atoms with Crippen molar-refractivity contribution in [3.8, 4) is 11.5 Å². The lowest BCUT2D eigenvalue weighted by molar-refractivity contribution is -0.385. The minimum Gasteiger partial charge on any atom is -0.493 e. The number of ketones is 1. The second-order valence-corrected chi connectivity index (χ2v) is 9.57. The number of esters is 1. The highest BCUT2D eigenvalue weighted by Gasteiger charge is 2.42. The number of rotatable bonds is 8. The summed E-state index contributed by atoms with van der Waals surface area (Å²) >= 11 is 0. The molecule has 0 amide bonds. The highest BCUT2D eigenvalue weighted by molar-refractivity contribution is 6.04. The Morgan fingerprint density at radius 3 is 2.42 bits per heavy atom. The zero-order valence-electron chi connectivity index (χ0n) is 22.3. The number of benzene rings is 2. The molecule has 0 fully saturated rings. The van der Waals surface area contributed by atoms with E-state index in [9.17, 15) is 19.7 Å². The number of nitrogens with zero attached hydrogens (tertiary/aromatic N) is 1. The van der Waals surface area contributed by atoms with Crippen LogP contribution in [0, 0.1) is 17.0 Å². The van der Waals surface area contributed by atoms with Crippen LogP contribution in [0.3, 0.4) is 0 Å². The number of hydrogen-bond acceptors (Lipinski definition) is 8. The molecule has 0 saturated carbocycles. The molecule has 0 bridgehead atoms. The maximum atomic E-state index is 13.8. The Labute approximate surface area is 221 Å². The van der Waals surface area contributed by atoms with Crippen LogP contribution < -0.4 is 14.8 Å². The average Bonchev–Trinajstić information content (AvgIpc) is 2.90. The molecule has 4 rings (SSSR count). The Balaban J connectivity index is 1.81. The predicted molar refractivity (Wildman–Crippen MR) is 141 cm³/mol. The van der Waals surface area contributed by atoms with E-state index in [1.807, 2.05) is 25.1 Å². The lowest BCUT2D eigenvalue weighted by atomic mass is 9.71. The topological polar surface area (TPSA) is 117 Å². The summed E-state index contributed by atoms with van der Waals surface area (Å²) < 4.78 is 16.3. The van der Waals surface area contributed by atoms with Gasteiger partial charge < -0.3 is 19.5 Å². The van der Waals surface area contributed by atoms with Crippen molar-refractivity contribution in [3.05, 3.63) is 85.7 Å². The van der Waals surface area contributed by atoms with Gasteiger partial charge in [-0.2, -0.15) is 0 Å². The normalized spacial score (nSPS) is 19.0. The Bertz CT molecular complexity index is 1360. The monoisotopic (exact) mass is 520 g/mol. The van der Waals surface area contributed by atoms with Gasteiger partial charge in [-0.15, -0.1) is 0 Å². The summed E-state index contributed by atoms with van der Waals surface area (Å²) in [6.45, 7) is 5.56. The number of dihydropyridines is 1. The zero-order chi connectivity index (χ0) is 27.6. The third-order valence-corrected chi connectivity index (χ3v) is 7.13. The Hall–Kier alpha value is -4.14. The molecular formula is C29H32N2O7. The van der Waals surface area contributed by atoms with Crippen LogP contribution in [0.15, 0.2) is 58.9 Å². The molecule has 200 valence electrons. The van der Waals surface area contributed by atoms with E-state index >= 15 is 0 Å². The van der Waals surface area contributed by atoms with Crippen LogP contribution in [-0.4, -0.2) is 37.5 Å². The molecule has 2 aromatic rings.